The lowest BCUT2D eigenvalue weighted by Gasteiger charge is -2.39. The topological polar surface area (TPSA) is 56.8 Å². The van der Waals surface area contributed by atoms with Crippen molar-refractivity contribution < 1.29 is 19.0 Å². The van der Waals surface area contributed by atoms with Gasteiger partial charge in [-0.05, 0) is 64.2 Å². The molecule has 0 aromatic heterocycles. The van der Waals surface area contributed by atoms with Crippen LogP contribution in [0.25, 0.3) is 0 Å². The Balaban J connectivity index is 2.41. The number of hydrogen-bond donors (Lipinski definition) is 1. The maximum atomic E-state index is 11.4. The van der Waals surface area contributed by atoms with E-state index in [0.717, 1.165) is 40.8 Å². The minimum absolute atomic E-state index is 0.176. The third kappa shape index (κ3) is 3.80. The van der Waals surface area contributed by atoms with Crippen LogP contribution in [0, 0.1) is 20.8 Å². The van der Waals surface area contributed by atoms with Crippen LogP contribution in [0.5, 0.6) is 11.5 Å². The molecule has 25 heavy (non-hydrogen) atoms. The van der Waals surface area contributed by atoms with E-state index < -0.39 is 5.60 Å². The van der Waals surface area contributed by atoms with Crippen LogP contribution < -0.4 is 14.8 Å². The molecule has 0 aliphatic carbocycles. The van der Waals surface area contributed by atoms with Crippen LogP contribution in [-0.2, 0) is 16.0 Å². The first-order chi connectivity index (χ1) is 11.6. The van der Waals surface area contributed by atoms with Gasteiger partial charge in [-0.25, -0.2) is 0 Å². The van der Waals surface area contributed by atoms with Gasteiger partial charge in [0.1, 0.15) is 22.7 Å². The Kier molecular flexibility index (Phi) is 5.74. The van der Waals surface area contributed by atoms with Crippen LogP contribution >= 0.6 is 12.2 Å². The fourth-order valence-corrected chi connectivity index (χ4v) is 3.40. The molecule has 1 N–H and O–H groups in total. The molecule has 1 aromatic rings. The molecule has 0 saturated heterocycles. The van der Waals surface area contributed by atoms with Crippen LogP contribution in [0.15, 0.2) is 0 Å². The first kappa shape index (κ1) is 19.7. The summed E-state index contributed by atoms with van der Waals surface area (Å²) < 4.78 is 17.1. The Labute approximate surface area is 155 Å². The van der Waals surface area contributed by atoms with Gasteiger partial charge >= 0.3 is 5.97 Å². The van der Waals surface area contributed by atoms with Crippen molar-refractivity contribution in [3.8, 4) is 11.5 Å². The number of thiocarbonyl (C=S) groups is 1. The van der Waals surface area contributed by atoms with Crippen LogP contribution in [0.4, 0.5) is 0 Å². The molecular formula is C19H27NO4S. The highest BCUT2D eigenvalue weighted by atomic mass is 32.1. The molecule has 0 bridgehead atoms. The Morgan fingerprint density at radius 3 is 2.48 bits per heavy atom. The van der Waals surface area contributed by atoms with Crippen molar-refractivity contribution in [2.24, 2.45) is 0 Å². The quantitative estimate of drug-likeness (QED) is 0.381. The summed E-state index contributed by atoms with van der Waals surface area (Å²) in [5.74, 6) is 1.17. The summed E-state index contributed by atoms with van der Waals surface area (Å²) >= 11 is 5.57. The molecule has 0 amide bonds. The zero-order valence-electron chi connectivity index (χ0n) is 16.0. The van der Waals surface area contributed by atoms with Gasteiger partial charge in [0.2, 0.25) is 0 Å². The van der Waals surface area contributed by atoms with Crippen molar-refractivity contribution in [3.05, 3.63) is 22.3 Å². The van der Waals surface area contributed by atoms with E-state index in [1.54, 1.807) is 7.11 Å². The summed E-state index contributed by atoms with van der Waals surface area (Å²) in [5, 5.41) is 3.17. The molecule has 1 aromatic carbocycles. The van der Waals surface area contributed by atoms with E-state index in [1.165, 1.54) is 6.92 Å². The molecule has 2 rings (SSSR count). The highest BCUT2D eigenvalue weighted by molar-refractivity contribution is 7.80. The Morgan fingerprint density at radius 1 is 1.28 bits per heavy atom. The maximum absolute atomic E-state index is 11.4. The van der Waals surface area contributed by atoms with E-state index in [0.29, 0.717) is 10.7 Å². The first-order valence-electron chi connectivity index (χ1n) is 8.44. The van der Waals surface area contributed by atoms with Crippen molar-refractivity contribution in [2.75, 3.05) is 7.11 Å². The summed E-state index contributed by atoms with van der Waals surface area (Å²) in [4.78, 5) is 12.1. The SMILES string of the molecule is COC(C)NC(=S)C1(C)CCc2c(C)c(OC(C)=O)c(C)c(C)c2O1. The van der Waals surface area contributed by atoms with Crippen molar-refractivity contribution >= 4 is 23.2 Å². The summed E-state index contributed by atoms with van der Waals surface area (Å²) in [6.45, 7) is 11.2. The molecule has 2 atom stereocenters. The minimum atomic E-state index is -0.596. The highest BCUT2D eigenvalue weighted by Crippen LogP contribution is 2.44. The average Bonchev–Trinajstić information content (AvgIpc) is 2.56. The van der Waals surface area contributed by atoms with E-state index in [4.69, 9.17) is 26.4 Å². The van der Waals surface area contributed by atoms with E-state index in [-0.39, 0.29) is 12.2 Å². The Bertz CT molecular complexity index is 716. The number of esters is 1. The van der Waals surface area contributed by atoms with Crippen LogP contribution in [-0.4, -0.2) is 29.9 Å². The maximum Gasteiger partial charge on any atom is 0.308 e. The van der Waals surface area contributed by atoms with Crippen LogP contribution in [0.3, 0.4) is 0 Å². The van der Waals surface area contributed by atoms with E-state index >= 15 is 0 Å². The number of methoxy groups -OCH3 is 1. The molecule has 0 spiro atoms. The monoisotopic (exact) mass is 365 g/mol. The standard InChI is InChI=1S/C19H27NO4S/c1-10-11(2)17-15(12(3)16(10)23-14(5)21)8-9-19(6,24-17)18(25)20-13(4)22-7/h13H,8-9H2,1-7H3,(H,20,25). The molecule has 0 saturated carbocycles. The zero-order chi connectivity index (χ0) is 18.9. The number of fused-ring (bicyclic) bond motifs is 1. The van der Waals surface area contributed by atoms with Gasteiger partial charge < -0.3 is 19.5 Å². The second kappa shape index (κ2) is 7.30. The van der Waals surface area contributed by atoms with Gasteiger partial charge in [-0.1, -0.05) is 12.2 Å². The molecule has 2 unspecified atom stereocenters. The van der Waals surface area contributed by atoms with Gasteiger partial charge in [0.25, 0.3) is 0 Å². The zero-order valence-corrected chi connectivity index (χ0v) is 16.8. The van der Waals surface area contributed by atoms with Crippen molar-refractivity contribution in [3.63, 3.8) is 0 Å². The highest BCUT2D eigenvalue weighted by Gasteiger charge is 2.38. The summed E-state index contributed by atoms with van der Waals surface area (Å²) in [7, 11) is 1.63. The molecule has 0 radical (unpaired) electrons. The number of hydrogen-bond acceptors (Lipinski definition) is 5. The second-order valence-electron chi connectivity index (χ2n) is 6.79. The third-order valence-electron chi connectivity index (χ3n) is 4.90. The van der Waals surface area contributed by atoms with Crippen LogP contribution in [0.2, 0.25) is 0 Å². The lowest BCUT2D eigenvalue weighted by atomic mass is 9.87. The molecule has 138 valence electrons. The largest absolute Gasteiger partial charge is 0.480 e. The summed E-state index contributed by atoms with van der Waals surface area (Å²) in [6.07, 6.45) is 1.37. The predicted molar refractivity (Wildman–Crippen MR) is 102 cm³/mol. The second-order valence-corrected chi connectivity index (χ2v) is 7.20. The van der Waals surface area contributed by atoms with Gasteiger partial charge in [0.15, 0.2) is 5.60 Å². The van der Waals surface area contributed by atoms with Crippen LogP contribution in [0.1, 0.15) is 49.4 Å². The number of carbonyl (C=O) groups is 1. The Hall–Kier alpha value is -1.66. The lowest BCUT2D eigenvalue weighted by molar-refractivity contribution is -0.132. The van der Waals surface area contributed by atoms with E-state index in [2.05, 4.69) is 5.32 Å². The van der Waals surface area contributed by atoms with E-state index in [1.807, 2.05) is 34.6 Å². The van der Waals surface area contributed by atoms with Gasteiger partial charge in [-0.3, -0.25) is 4.79 Å². The smallest absolute Gasteiger partial charge is 0.308 e. The number of benzene rings is 1. The number of carbonyl (C=O) groups excluding carboxylic acids is 1. The first-order valence-corrected chi connectivity index (χ1v) is 8.85. The van der Waals surface area contributed by atoms with Crippen molar-refractivity contribution in [1.29, 1.82) is 0 Å². The van der Waals surface area contributed by atoms with E-state index in [9.17, 15) is 4.79 Å². The molecule has 1 aliphatic rings. The van der Waals surface area contributed by atoms with Gasteiger partial charge in [-0.15, -0.1) is 0 Å². The normalized spacial score (nSPS) is 20.3. The molecular weight excluding hydrogens is 338 g/mol. The molecule has 5 nitrogen and oxygen atoms in total. The van der Waals surface area contributed by atoms with Crippen molar-refractivity contribution in [2.45, 2.75) is 66.2 Å². The number of ether oxygens (including phenoxy) is 3. The fourth-order valence-electron chi connectivity index (χ4n) is 3.09. The van der Waals surface area contributed by atoms with Gasteiger partial charge in [-0.2, -0.15) is 0 Å². The molecule has 6 heteroatoms. The van der Waals surface area contributed by atoms with Gasteiger partial charge in [0.05, 0.1) is 0 Å². The fraction of sp³-hybridized carbons (Fsp3) is 0.579. The lowest BCUT2D eigenvalue weighted by Crippen LogP contribution is -2.52. The summed E-state index contributed by atoms with van der Waals surface area (Å²) in [6, 6.07) is 0. The average molecular weight is 365 g/mol. The summed E-state index contributed by atoms with van der Waals surface area (Å²) in [5.41, 5.74) is 3.34. The predicted octanol–water partition coefficient (Wildman–Crippen LogP) is 3.53. The number of rotatable bonds is 4. The number of nitrogens with one attached hydrogen (secondary N) is 1. The van der Waals surface area contributed by atoms with Gasteiger partial charge in [0, 0.05) is 19.6 Å². The third-order valence-corrected chi connectivity index (χ3v) is 5.45. The molecule has 1 aliphatic heterocycles. The minimum Gasteiger partial charge on any atom is -0.480 e. The van der Waals surface area contributed by atoms with Crippen molar-refractivity contribution in [1.82, 2.24) is 5.32 Å². The Morgan fingerprint density at radius 2 is 1.92 bits per heavy atom. The molecule has 1 heterocycles. The molecule has 0 fully saturated rings.